The summed E-state index contributed by atoms with van der Waals surface area (Å²) >= 11 is 0. The number of carbonyl (C=O) groups is 1. The van der Waals surface area contributed by atoms with E-state index in [4.69, 9.17) is 14.0 Å². The Morgan fingerprint density at radius 2 is 2.00 bits per heavy atom. The monoisotopic (exact) mass is 394 g/mol. The van der Waals surface area contributed by atoms with E-state index in [0.717, 1.165) is 11.3 Å². The standard InChI is InChI=1S/C21H22N4O4/c1-27-17-8-5-7-16(11-17)22-21(26)25-12-15(13-25)20-23-19(24-29-20)10-14-6-3-4-9-18(14)28-2/h3-9,11,15H,10,12-13H2,1-2H3,(H,22,26). The van der Waals surface area contributed by atoms with Gasteiger partial charge in [0.05, 0.1) is 20.1 Å². The van der Waals surface area contributed by atoms with Crippen LogP contribution in [0.5, 0.6) is 11.5 Å². The summed E-state index contributed by atoms with van der Waals surface area (Å²) < 4.78 is 15.9. The van der Waals surface area contributed by atoms with Crippen LogP contribution >= 0.6 is 0 Å². The van der Waals surface area contributed by atoms with E-state index in [1.807, 2.05) is 42.5 Å². The highest BCUT2D eigenvalue weighted by Gasteiger charge is 2.35. The summed E-state index contributed by atoms with van der Waals surface area (Å²) in [6, 6.07) is 14.8. The number of hydrogen-bond acceptors (Lipinski definition) is 6. The molecule has 2 amide bonds. The number of likely N-dealkylation sites (tertiary alicyclic amines) is 1. The molecule has 1 aliphatic rings. The minimum atomic E-state index is -0.164. The van der Waals surface area contributed by atoms with Crippen LogP contribution in [-0.4, -0.2) is 48.4 Å². The first-order valence-corrected chi connectivity index (χ1v) is 9.30. The number of para-hydroxylation sites is 1. The van der Waals surface area contributed by atoms with Crippen molar-refractivity contribution in [3.63, 3.8) is 0 Å². The Bertz CT molecular complexity index is 998. The van der Waals surface area contributed by atoms with Crippen LogP contribution in [0, 0.1) is 0 Å². The first kappa shape index (κ1) is 18.8. The Morgan fingerprint density at radius 1 is 1.17 bits per heavy atom. The fourth-order valence-corrected chi connectivity index (χ4v) is 3.23. The van der Waals surface area contributed by atoms with Crippen LogP contribution in [-0.2, 0) is 6.42 Å². The third kappa shape index (κ3) is 4.16. The van der Waals surface area contributed by atoms with E-state index in [-0.39, 0.29) is 11.9 Å². The van der Waals surface area contributed by atoms with Crippen molar-refractivity contribution < 1.29 is 18.8 Å². The molecular formula is C21H22N4O4. The lowest BCUT2D eigenvalue weighted by molar-refractivity contribution is 0.147. The van der Waals surface area contributed by atoms with Crippen LogP contribution in [0.4, 0.5) is 10.5 Å². The number of benzene rings is 2. The average molecular weight is 394 g/mol. The molecule has 8 heteroatoms. The lowest BCUT2D eigenvalue weighted by Gasteiger charge is -2.36. The van der Waals surface area contributed by atoms with Gasteiger partial charge in [0.15, 0.2) is 5.82 Å². The Morgan fingerprint density at radius 3 is 2.79 bits per heavy atom. The van der Waals surface area contributed by atoms with Crippen LogP contribution in [0.3, 0.4) is 0 Å². The number of hydrogen-bond donors (Lipinski definition) is 1. The molecule has 29 heavy (non-hydrogen) atoms. The molecule has 0 saturated carbocycles. The summed E-state index contributed by atoms with van der Waals surface area (Å²) in [5, 5.41) is 6.94. The zero-order valence-corrected chi connectivity index (χ0v) is 16.3. The second kappa shape index (κ2) is 8.22. The number of anilines is 1. The Balaban J connectivity index is 1.32. The second-order valence-corrected chi connectivity index (χ2v) is 6.80. The van der Waals surface area contributed by atoms with E-state index in [1.165, 1.54) is 0 Å². The molecule has 4 rings (SSSR count). The quantitative estimate of drug-likeness (QED) is 0.690. The number of rotatable bonds is 6. The molecule has 2 heterocycles. The molecule has 0 atom stereocenters. The molecule has 2 aromatic carbocycles. The maximum absolute atomic E-state index is 12.4. The zero-order valence-electron chi connectivity index (χ0n) is 16.3. The maximum Gasteiger partial charge on any atom is 0.321 e. The molecule has 1 fully saturated rings. The predicted molar refractivity (Wildman–Crippen MR) is 106 cm³/mol. The summed E-state index contributed by atoms with van der Waals surface area (Å²) in [4.78, 5) is 18.6. The Kier molecular flexibility index (Phi) is 5.33. The third-order valence-electron chi connectivity index (χ3n) is 4.86. The van der Waals surface area contributed by atoms with Gasteiger partial charge in [0.2, 0.25) is 5.89 Å². The fourth-order valence-electron chi connectivity index (χ4n) is 3.23. The molecule has 1 aliphatic heterocycles. The maximum atomic E-state index is 12.4. The Labute approximate surface area is 168 Å². The normalized spacial score (nSPS) is 13.7. The van der Waals surface area contributed by atoms with Crippen molar-refractivity contribution >= 4 is 11.7 Å². The van der Waals surface area contributed by atoms with Gasteiger partial charge >= 0.3 is 6.03 Å². The topological polar surface area (TPSA) is 89.7 Å². The van der Waals surface area contributed by atoms with Crippen LogP contribution in [0.1, 0.15) is 23.2 Å². The highest BCUT2D eigenvalue weighted by atomic mass is 16.5. The van der Waals surface area contributed by atoms with Gasteiger partial charge in [-0.25, -0.2) is 4.79 Å². The first-order valence-electron chi connectivity index (χ1n) is 9.30. The smallest absolute Gasteiger partial charge is 0.321 e. The summed E-state index contributed by atoms with van der Waals surface area (Å²) in [5.74, 6) is 2.69. The predicted octanol–water partition coefficient (Wildman–Crippen LogP) is 3.31. The van der Waals surface area contributed by atoms with Crippen molar-refractivity contribution in [3.05, 3.63) is 65.8 Å². The van der Waals surface area contributed by atoms with Gasteiger partial charge in [0, 0.05) is 36.8 Å². The van der Waals surface area contributed by atoms with Gasteiger partial charge < -0.3 is 24.2 Å². The molecule has 0 bridgehead atoms. The summed E-state index contributed by atoms with van der Waals surface area (Å²) in [5.41, 5.74) is 1.69. The lowest BCUT2D eigenvalue weighted by Crippen LogP contribution is -2.50. The highest BCUT2D eigenvalue weighted by Crippen LogP contribution is 2.28. The van der Waals surface area contributed by atoms with Crippen molar-refractivity contribution in [3.8, 4) is 11.5 Å². The highest BCUT2D eigenvalue weighted by molar-refractivity contribution is 5.90. The minimum Gasteiger partial charge on any atom is -0.497 e. The SMILES string of the molecule is COc1cccc(NC(=O)N2CC(c3nc(Cc4ccccc4OC)no3)C2)c1. The lowest BCUT2D eigenvalue weighted by atomic mass is 10.0. The Hall–Kier alpha value is -3.55. The van der Waals surface area contributed by atoms with Crippen molar-refractivity contribution in [2.75, 3.05) is 32.6 Å². The number of nitrogens with zero attached hydrogens (tertiary/aromatic N) is 3. The third-order valence-corrected chi connectivity index (χ3v) is 4.86. The largest absolute Gasteiger partial charge is 0.497 e. The first-order chi connectivity index (χ1) is 14.2. The molecule has 0 unspecified atom stereocenters. The second-order valence-electron chi connectivity index (χ2n) is 6.80. The molecular weight excluding hydrogens is 372 g/mol. The number of amides is 2. The fraction of sp³-hybridized carbons (Fsp3) is 0.286. The summed E-state index contributed by atoms with van der Waals surface area (Å²) in [7, 11) is 3.23. The van der Waals surface area contributed by atoms with Gasteiger partial charge in [-0.2, -0.15) is 4.98 Å². The van der Waals surface area contributed by atoms with Gasteiger partial charge in [0.25, 0.3) is 0 Å². The van der Waals surface area contributed by atoms with Crippen molar-refractivity contribution in [2.45, 2.75) is 12.3 Å². The summed E-state index contributed by atoms with van der Waals surface area (Å²) in [6.07, 6.45) is 0.528. The van der Waals surface area contributed by atoms with Crippen LogP contribution < -0.4 is 14.8 Å². The van der Waals surface area contributed by atoms with Crippen molar-refractivity contribution in [1.29, 1.82) is 0 Å². The van der Waals surface area contributed by atoms with Crippen molar-refractivity contribution in [1.82, 2.24) is 15.0 Å². The van der Waals surface area contributed by atoms with Crippen molar-refractivity contribution in [2.24, 2.45) is 0 Å². The summed E-state index contributed by atoms with van der Waals surface area (Å²) in [6.45, 7) is 1.07. The molecule has 0 spiro atoms. The van der Waals surface area contributed by atoms with E-state index >= 15 is 0 Å². The number of carbonyl (C=O) groups excluding carboxylic acids is 1. The molecule has 0 radical (unpaired) electrons. The zero-order chi connectivity index (χ0) is 20.2. The number of methoxy groups -OCH3 is 2. The number of ether oxygens (including phenoxy) is 2. The minimum absolute atomic E-state index is 0.0463. The molecule has 0 aliphatic carbocycles. The molecule has 150 valence electrons. The van der Waals surface area contributed by atoms with Gasteiger partial charge in [-0.15, -0.1) is 0 Å². The molecule has 3 aromatic rings. The number of aromatic nitrogens is 2. The van der Waals surface area contributed by atoms with Crippen LogP contribution in [0.25, 0.3) is 0 Å². The molecule has 1 aromatic heterocycles. The number of urea groups is 1. The average Bonchev–Trinajstić information content (AvgIpc) is 3.15. The molecule has 8 nitrogen and oxygen atoms in total. The van der Waals surface area contributed by atoms with Crippen LogP contribution in [0.2, 0.25) is 0 Å². The van der Waals surface area contributed by atoms with E-state index < -0.39 is 0 Å². The van der Waals surface area contributed by atoms with E-state index in [2.05, 4.69) is 15.5 Å². The van der Waals surface area contributed by atoms with E-state index in [0.29, 0.717) is 42.7 Å². The van der Waals surface area contributed by atoms with Gasteiger partial charge in [0.1, 0.15) is 11.5 Å². The molecule has 1 saturated heterocycles. The van der Waals surface area contributed by atoms with Crippen LogP contribution in [0.15, 0.2) is 53.1 Å². The van der Waals surface area contributed by atoms with Gasteiger partial charge in [-0.1, -0.05) is 29.4 Å². The number of nitrogens with one attached hydrogen (secondary N) is 1. The molecule has 1 N–H and O–H groups in total. The van der Waals surface area contributed by atoms with E-state index in [9.17, 15) is 4.79 Å². The van der Waals surface area contributed by atoms with E-state index in [1.54, 1.807) is 25.2 Å². The van der Waals surface area contributed by atoms with Gasteiger partial charge in [-0.05, 0) is 18.2 Å². The van der Waals surface area contributed by atoms with Gasteiger partial charge in [-0.3, -0.25) is 0 Å².